The molecule has 5 heteroatoms. The molecule has 1 heterocycles. The van der Waals surface area contributed by atoms with Crippen molar-refractivity contribution in [2.24, 2.45) is 4.99 Å². The Kier molecular flexibility index (Phi) is 3.44. The van der Waals surface area contributed by atoms with E-state index in [0.717, 1.165) is 5.56 Å². The Morgan fingerprint density at radius 1 is 1.28 bits per heavy atom. The Balaban J connectivity index is 2.26. The predicted molar refractivity (Wildman–Crippen MR) is 65.1 cm³/mol. The van der Waals surface area contributed by atoms with Crippen molar-refractivity contribution in [3.05, 3.63) is 35.9 Å². The van der Waals surface area contributed by atoms with Crippen LogP contribution in [0.5, 0.6) is 0 Å². The van der Waals surface area contributed by atoms with Crippen LogP contribution in [0.3, 0.4) is 0 Å². The molecular weight excluding hydrogens is 232 g/mol. The topological polar surface area (TPSA) is 70.0 Å². The van der Waals surface area contributed by atoms with Crippen LogP contribution in [-0.2, 0) is 10.3 Å². The van der Waals surface area contributed by atoms with Crippen molar-refractivity contribution in [1.29, 1.82) is 0 Å². The molecular formula is C13H14N2O3. The molecule has 0 aliphatic carbocycles. The summed E-state index contributed by atoms with van der Waals surface area (Å²) in [6.45, 7) is 0.769. The first-order valence-electron chi connectivity index (χ1n) is 5.80. The summed E-state index contributed by atoms with van der Waals surface area (Å²) in [5, 5.41) is 8.93. The summed E-state index contributed by atoms with van der Waals surface area (Å²) < 4.78 is 0. The smallest absolute Gasteiger partial charge is 0.407 e. The molecule has 5 nitrogen and oxygen atoms in total. The fraction of sp³-hybridized carbons (Fsp3) is 0.385. The number of likely N-dealkylation sites (tertiary alicyclic amines) is 1. The Morgan fingerprint density at radius 2 is 1.89 bits per heavy atom. The van der Waals surface area contributed by atoms with Crippen molar-refractivity contribution in [3.8, 4) is 0 Å². The summed E-state index contributed by atoms with van der Waals surface area (Å²) in [4.78, 5) is 26.8. The van der Waals surface area contributed by atoms with E-state index in [9.17, 15) is 9.59 Å². The molecule has 94 valence electrons. The van der Waals surface area contributed by atoms with Gasteiger partial charge in [0.2, 0.25) is 6.08 Å². The van der Waals surface area contributed by atoms with E-state index in [2.05, 4.69) is 4.99 Å². The number of carbonyl (C=O) groups is 1. The average Bonchev–Trinajstić information content (AvgIpc) is 2.40. The number of hydrogen-bond donors (Lipinski definition) is 1. The number of piperidine rings is 1. The predicted octanol–water partition coefficient (Wildman–Crippen LogP) is 1.99. The number of rotatable bonds is 2. The van der Waals surface area contributed by atoms with Crippen molar-refractivity contribution in [2.45, 2.75) is 18.4 Å². The van der Waals surface area contributed by atoms with Crippen LogP contribution in [0.15, 0.2) is 35.3 Å². The van der Waals surface area contributed by atoms with Gasteiger partial charge in [-0.25, -0.2) is 9.59 Å². The van der Waals surface area contributed by atoms with Gasteiger partial charge in [-0.3, -0.25) is 0 Å². The quantitative estimate of drug-likeness (QED) is 0.640. The lowest BCUT2D eigenvalue weighted by Gasteiger charge is -2.37. The maximum atomic E-state index is 10.9. The van der Waals surface area contributed by atoms with E-state index in [1.54, 1.807) is 6.08 Å². The number of nitrogens with zero attached hydrogens (tertiary/aromatic N) is 2. The maximum Gasteiger partial charge on any atom is 0.407 e. The molecule has 1 amide bonds. The molecule has 0 unspecified atom stereocenters. The molecule has 0 radical (unpaired) electrons. The molecule has 0 bridgehead atoms. The van der Waals surface area contributed by atoms with E-state index >= 15 is 0 Å². The molecule has 1 aliphatic rings. The zero-order valence-electron chi connectivity index (χ0n) is 9.87. The van der Waals surface area contributed by atoms with Gasteiger partial charge in [0.05, 0.1) is 0 Å². The number of aliphatic imine (C=N–C) groups is 1. The number of isocyanates is 1. The lowest BCUT2D eigenvalue weighted by molar-refractivity contribution is 0.118. The van der Waals surface area contributed by atoms with Crippen LogP contribution in [0.25, 0.3) is 0 Å². The van der Waals surface area contributed by atoms with Crippen molar-refractivity contribution >= 4 is 12.2 Å². The van der Waals surface area contributed by atoms with E-state index in [4.69, 9.17) is 5.11 Å². The summed E-state index contributed by atoms with van der Waals surface area (Å²) in [5.41, 5.74) is 0.327. The standard InChI is InChI=1S/C13H14N2O3/c16-10-14-13(11-4-2-1-3-5-11)6-8-15(9-7-13)12(17)18/h1-5H,6-9H2,(H,17,18). The Bertz CT molecular complexity index is 472. The molecule has 0 aromatic heterocycles. The minimum absolute atomic E-state index is 0.384. The van der Waals surface area contributed by atoms with Crippen LogP contribution in [0, 0.1) is 0 Å². The molecule has 1 saturated heterocycles. The fourth-order valence-electron chi connectivity index (χ4n) is 2.37. The van der Waals surface area contributed by atoms with Crippen LogP contribution in [-0.4, -0.2) is 35.3 Å². The third-order valence-electron chi connectivity index (χ3n) is 3.43. The van der Waals surface area contributed by atoms with Gasteiger partial charge in [0.15, 0.2) is 0 Å². The summed E-state index contributed by atoms with van der Waals surface area (Å²) in [7, 11) is 0. The molecule has 1 aliphatic heterocycles. The maximum absolute atomic E-state index is 10.9. The number of amides is 1. The van der Waals surface area contributed by atoms with E-state index in [-0.39, 0.29) is 0 Å². The molecule has 0 saturated carbocycles. The third-order valence-corrected chi connectivity index (χ3v) is 3.43. The lowest BCUT2D eigenvalue weighted by Crippen LogP contribution is -2.43. The first-order valence-corrected chi connectivity index (χ1v) is 5.80. The summed E-state index contributed by atoms with van der Waals surface area (Å²) >= 11 is 0. The van der Waals surface area contributed by atoms with Gasteiger partial charge in [-0.05, 0) is 18.4 Å². The number of hydrogen-bond acceptors (Lipinski definition) is 3. The van der Waals surface area contributed by atoms with Gasteiger partial charge < -0.3 is 10.0 Å². The highest BCUT2D eigenvalue weighted by Crippen LogP contribution is 2.36. The Hall–Kier alpha value is -2.13. The molecule has 1 aromatic rings. The monoisotopic (exact) mass is 246 g/mol. The summed E-state index contributed by atoms with van der Waals surface area (Å²) in [5.74, 6) is 0. The molecule has 1 aromatic carbocycles. The van der Waals surface area contributed by atoms with Crippen LogP contribution in [0.1, 0.15) is 18.4 Å². The Morgan fingerprint density at radius 3 is 2.39 bits per heavy atom. The second-order valence-corrected chi connectivity index (χ2v) is 4.37. The van der Waals surface area contributed by atoms with Gasteiger partial charge in [-0.1, -0.05) is 30.3 Å². The normalized spacial score (nSPS) is 17.9. The van der Waals surface area contributed by atoms with Crippen LogP contribution < -0.4 is 0 Å². The van der Waals surface area contributed by atoms with Crippen LogP contribution >= 0.6 is 0 Å². The van der Waals surface area contributed by atoms with Gasteiger partial charge in [-0.2, -0.15) is 4.99 Å². The molecule has 0 spiro atoms. The average molecular weight is 246 g/mol. The summed E-state index contributed by atoms with van der Waals surface area (Å²) in [6.07, 6.45) is 1.73. The SMILES string of the molecule is O=C=NC1(c2ccccc2)CCN(C(=O)O)CC1. The van der Waals surface area contributed by atoms with Gasteiger partial charge >= 0.3 is 6.09 Å². The van der Waals surface area contributed by atoms with Crippen LogP contribution in [0.2, 0.25) is 0 Å². The molecule has 2 rings (SSSR count). The highest BCUT2D eigenvalue weighted by molar-refractivity contribution is 5.65. The van der Waals surface area contributed by atoms with Crippen molar-refractivity contribution in [1.82, 2.24) is 4.90 Å². The van der Waals surface area contributed by atoms with Gasteiger partial charge in [-0.15, -0.1) is 0 Å². The molecule has 1 fully saturated rings. The molecule has 0 atom stereocenters. The minimum Gasteiger partial charge on any atom is -0.465 e. The number of carbonyl (C=O) groups excluding carboxylic acids is 1. The van der Waals surface area contributed by atoms with Crippen molar-refractivity contribution in [3.63, 3.8) is 0 Å². The first kappa shape index (κ1) is 12.3. The largest absolute Gasteiger partial charge is 0.465 e. The Labute approximate surface area is 105 Å². The summed E-state index contributed by atoms with van der Waals surface area (Å²) in [6, 6.07) is 9.50. The molecule has 18 heavy (non-hydrogen) atoms. The van der Waals surface area contributed by atoms with Gasteiger partial charge in [0.25, 0.3) is 0 Å². The minimum atomic E-state index is -0.924. The zero-order valence-corrected chi connectivity index (χ0v) is 9.87. The third kappa shape index (κ3) is 2.26. The van der Waals surface area contributed by atoms with Gasteiger partial charge in [0, 0.05) is 13.1 Å². The lowest BCUT2D eigenvalue weighted by atomic mass is 9.81. The van der Waals surface area contributed by atoms with E-state index in [0.29, 0.717) is 25.9 Å². The highest BCUT2D eigenvalue weighted by atomic mass is 16.4. The van der Waals surface area contributed by atoms with Crippen LogP contribution in [0.4, 0.5) is 4.79 Å². The van der Waals surface area contributed by atoms with E-state index < -0.39 is 11.6 Å². The zero-order chi connectivity index (χ0) is 13.0. The number of benzene rings is 1. The molecule has 1 N–H and O–H groups in total. The second kappa shape index (κ2) is 5.02. The fourth-order valence-corrected chi connectivity index (χ4v) is 2.37. The van der Waals surface area contributed by atoms with Crippen molar-refractivity contribution < 1.29 is 14.7 Å². The first-order chi connectivity index (χ1) is 8.68. The van der Waals surface area contributed by atoms with Gasteiger partial charge in [0.1, 0.15) is 5.54 Å². The van der Waals surface area contributed by atoms with E-state index in [1.165, 1.54) is 4.90 Å². The number of carboxylic acid groups (broad SMARTS) is 1. The highest BCUT2D eigenvalue weighted by Gasteiger charge is 2.37. The van der Waals surface area contributed by atoms with Crippen molar-refractivity contribution in [2.75, 3.05) is 13.1 Å². The second-order valence-electron chi connectivity index (χ2n) is 4.37. The van der Waals surface area contributed by atoms with E-state index in [1.807, 2.05) is 30.3 Å².